The predicted octanol–water partition coefficient (Wildman–Crippen LogP) is 1.88. The molecule has 1 aromatic rings. The van der Waals surface area contributed by atoms with Crippen LogP contribution in [0.2, 0.25) is 0 Å². The minimum Gasteiger partial charge on any atom is -0.396 e. The SMILES string of the molecule is CCN(CCOC)Cc1ccc(N)c(F)c1. The van der Waals surface area contributed by atoms with E-state index in [4.69, 9.17) is 10.5 Å². The van der Waals surface area contributed by atoms with Crippen molar-refractivity contribution in [3.8, 4) is 0 Å². The smallest absolute Gasteiger partial charge is 0.146 e. The van der Waals surface area contributed by atoms with Crippen LogP contribution in [0.25, 0.3) is 0 Å². The molecule has 0 radical (unpaired) electrons. The van der Waals surface area contributed by atoms with Crippen molar-refractivity contribution in [1.82, 2.24) is 4.90 Å². The summed E-state index contributed by atoms with van der Waals surface area (Å²) in [6.45, 7) is 5.24. The Balaban J connectivity index is 2.59. The molecule has 0 saturated carbocycles. The first kappa shape index (κ1) is 12.9. The van der Waals surface area contributed by atoms with Crippen molar-refractivity contribution in [2.75, 3.05) is 32.5 Å². The lowest BCUT2D eigenvalue weighted by Gasteiger charge is -2.20. The number of hydrogen-bond donors (Lipinski definition) is 1. The van der Waals surface area contributed by atoms with Crippen LogP contribution in [0.1, 0.15) is 12.5 Å². The highest BCUT2D eigenvalue weighted by Gasteiger charge is 2.05. The molecule has 0 amide bonds. The third kappa shape index (κ3) is 3.79. The number of anilines is 1. The molecule has 2 N–H and O–H groups in total. The summed E-state index contributed by atoms with van der Waals surface area (Å²) in [6.07, 6.45) is 0. The first-order valence-electron chi connectivity index (χ1n) is 5.42. The molecule has 0 aromatic heterocycles. The standard InChI is InChI=1S/C12H19FN2O/c1-3-15(6-7-16-2)9-10-4-5-12(14)11(13)8-10/h4-5,8H,3,6-7,9,14H2,1-2H3. The molecule has 4 heteroatoms. The Labute approximate surface area is 96.0 Å². The number of rotatable bonds is 6. The van der Waals surface area contributed by atoms with Crippen LogP contribution in [0, 0.1) is 5.82 Å². The molecule has 0 saturated heterocycles. The molecule has 1 rings (SSSR count). The lowest BCUT2D eigenvalue weighted by atomic mass is 10.2. The van der Waals surface area contributed by atoms with E-state index >= 15 is 0 Å². The van der Waals surface area contributed by atoms with E-state index in [1.54, 1.807) is 13.2 Å². The Morgan fingerprint density at radius 3 is 2.75 bits per heavy atom. The fraction of sp³-hybridized carbons (Fsp3) is 0.500. The molecule has 0 bridgehead atoms. The van der Waals surface area contributed by atoms with E-state index in [0.29, 0.717) is 6.61 Å². The van der Waals surface area contributed by atoms with Gasteiger partial charge in [-0.2, -0.15) is 0 Å². The van der Waals surface area contributed by atoms with Gasteiger partial charge in [0, 0.05) is 20.2 Å². The highest BCUT2D eigenvalue weighted by molar-refractivity contribution is 5.41. The number of hydrogen-bond acceptors (Lipinski definition) is 3. The summed E-state index contributed by atoms with van der Waals surface area (Å²) in [7, 11) is 1.68. The summed E-state index contributed by atoms with van der Waals surface area (Å²) >= 11 is 0. The van der Waals surface area contributed by atoms with Crippen LogP contribution in [0.5, 0.6) is 0 Å². The molecule has 0 unspecified atom stereocenters. The largest absolute Gasteiger partial charge is 0.396 e. The second kappa shape index (κ2) is 6.45. The van der Waals surface area contributed by atoms with Gasteiger partial charge in [-0.3, -0.25) is 4.90 Å². The number of nitrogens with two attached hydrogens (primary N) is 1. The maximum atomic E-state index is 13.2. The average molecular weight is 226 g/mol. The number of likely N-dealkylation sites (N-methyl/N-ethyl adjacent to an activating group) is 1. The minimum atomic E-state index is -0.347. The van der Waals surface area contributed by atoms with Gasteiger partial charge in [-0.05, 0) is 24.2 Å². The lowest BCUT2D eigenvalue weighted by molar-refractivity contribution is 0.147. The van der Waals surface area contributed by atoms with Crippen molar-refractivity contribution in [2.24, 2.45) is 0 Å². The maximum absolute atomic E-state index is 13.2. The van der Waals surface area contributed by atoms with Gasteiger partial charge in [0.15, 0.2) is 0 Å². The Hall–Kier alpha value is -1.13. The molecular formula is C12H19FN2O. The fourth-order valence-electron chi connectivity index (χ4n) is 1.50. The highest BCUT2D eigenvalue weighted by atomic mass is 19.1. The fourth-order valence-corrected chi connectivity index (χ4v) is 1.50. The first-order chi connectivity index (χ1) is 7.67. The Kier molecular flexibility index (Phi) is 5.22. The minimum absolute atomic E-state index is 0.198. The summed E-state index contributed by atoms with van der Waals surface area (Å²) < 4.78 is 18.2. The van der Waals surface area contributed by atoms with Crippen LogP contribution >= 0.6 is 0 Å². The van der Waals surface area contributed by atoms with Crippen LogP contribution in [0.3, 0.4) is 0 Å². The van der Waals surface area contributed by atoms with Gasteiger partial charge in [-0.25, -0.2) is 4.39 Å². The van der Waals surface area contributed by atoms with Gasteiger partial charge in [0.2, 0.25) is 0 Å². The zero-order chi connectivity index (χ0) is 12.0. The van der Waals surface area contributed by atoms with Gasteiger partial charge in [0.05, 0.1) is 12.3 Å². The Bertz CT molecular complexity index is 331. The van der Waals surface area contributed by atoms with Gasteiger partial charge in [0.1, 0.15) is 5.82 Å². The van der Waals surface area contributed by atoms with Crippen LogP contribution < -0.4 is 5.73 Å². The van der Waals surface area contributed by atoms with Crippen LogP contribution in [0.15, 0.2) is 18.2 Å². The van der Waals surface area contributed by atoms with Crippen molar-refractivity contribution >= 4 is 5.69 Å². The third-order valence-corrected chi connectivity index (χ3v) is 2.53. The summed E-state index contributed by atoms with van der Waals surface area (Å²) in [5.74, 6) is -0.347. The van der Waals surface area contributed by atoms with E-state index < -0.39 is 0 Å². The molecule has 0 fully saturated rings. The van der Waals surface area contributed by atoms with Crippen molar-refractivity contribution in [2.45, 2.75) is 13.5 Å². The maximum Gasteiger partial charge on any atom is 0.146 e. The van der Waals surface area contributed by atoms with E-state index in [9.17, 15) is 4.39 Å². The molecule has 0 heterocycles. The molecule has 16 heavy (non-hydrogen) atoms. The van der Waals surface area contributed by atoms with E-state index in [0.717, 1.165) is 25.2 Å². The van der Waals surface area contributed by atoms with E-state index in [2.05, 4.69) is 11.8 Å². The van der Waals surface area contributed by atoms with Crippen molar-refractivity contribution < 1.29 is 9.13 Å². The van der Waals surface area contributed by atoms with Crippen molar-refractivity contribution in [1.29, 1.82) is 0 Å². The van der Waals surface area contributed by atoms with Crippen LogP contribution in [0.4, 0.5) is 10.1 Å². The molecule has 90 valence electrons. The lowest BCUT2D eigenvalue weighted by Crippen LogP contribution is -2.26. The Morgan fingerprint density at radius 1 is 1.44 bits per heavy atom. The second-order valence-corrected chi connectivity index (χ2v) is 3.72. The quantitative estimate of drug-likeness (QED) is 0.753. The third-order valence-electron chi connectivity index (χ3n) is 2.53. The molecular weight excluding hydrogens is 207 g/mol. The molecule has 0 aliphatic heterocycles. The van der Waals surface area contributed by atoms with Gasteiger partial charge in [-0.1, -0.05) is 13.0 Å². The molecule has 0 spiro atoms. The second-order valence-electron chi connectivity index (χ2n) is 3.72. The monoisotopic (exact) mass is 226 g/mol. The number of halogens is 1. The number of ether oxygens (including phenoxy) is 1. The van der Waals surface area contributed by atoms with Gasteiger partial charge < -0.3 is 10.5 Å². The van der Waals surface area contributed by atoms with Crippen molar-refractivity contribution in [3.63, 3.8) is 0 Å². The zero-order valence-electron chi connectivity index (χ0n) is 9.87. The summed E-state index contributed by atoms with van der Waals surface area (Å²) in [5, 5.41) is 0. The van der Waals surface area contributed by atoms with E-state index in [1.165, 1.54) is 6.07 Å². The van der Waals surface area contributed by atoms with Crippen molar-refractivity contribution in [3.05, 3.63) is 29.6 Å². The topological polar surface area (TPSA) is 38.5 Å². The number of benzene rings is 1. The van der Waals surface area contributed by atoms with E-state index in [1.807, 2.05) is 6.07 Å². The van der Waals surface area contributed by atoms with Gasteiger partial charge in [-0.15, -0.1) is 0 Å². The zero-order valence-corrected chi connectivity index (χ0v) is 9.87. The summed E-state index contributed by atoms with van der Waals surface area (Å²) in [5.41, 5.74) is 6.56. The number of nitrogens with zero attached hydrogens (tertiary/aromatic N) is 1. The Morgan fingerprint density at radius 2 is 2.19 bits per heavy atom. The highest BCUT2D eigenvalue weighted by Crippen LogP contribution is 2.13. The summed E-state index contributed by atoms with van der Waals surface area (Å²) in [4.78, 5) is 2.19. The van der Waals surface area contributed by atoms with Crippen LogP contribution in [-0.4, -0.2) is 31.7 Å². The number of methoxy groups -OCH3 is 1. The van der Waals surface area contributed by atoms with Gasteiger partial charge >= 0.3 is 0 Å². The molecule has 1 aromatic carbocycles. The molecule has 3 nitrogen and oxygen atoms in total. The van der Waals surface area contributed by atoms with Gasteiger partial charge in [0.25, 0.3) is 0 Å². The van der Waals surface area contributed by atoms with E-state index in [-0.39, 0.29) is 11.5 Å². The average Bonchev–Trinajstić information content (AvgIpc) is 2.29. The molecule has 0 atom stereocenters. The molecule has 0 aliphatic rings. The summed E-state index contributed by atoms with van der Waals surface area (Å²) in [6, 6.07) is 4.95. The normalized spacial score (nSPS) is 11.0. The first-order valence-corrected chi connectivity index (χ1v) is 5.42. The number of nitrogen functional groups attached to an aromatic ring is 1. The predicted molar refractivity (Wildman–Crippen MR) is 63.6 cm³/mol. The molecule has 0 aliphatic carbocycles. The van der Waals surface area contributed by atoms with Crippen LogP contribution in [-0.2, 0) is 11.3 Å².